The predicted molar refractivity (Wildman–Crippen MR) is 46.1 cm³/mol. The van der Waals surface area contributed by atoms with Crippen molar-refractivity contribution >= 4 is 0 Å². The van der Waals surface area contributed by atoms with Crippen LogP contribution in [0.1, 0.15) is 18.9 Å². The van der Waals surface area contributed by atoms with Crippen molar-refractivity contribution in [1.82, 2.24) is 4.98 Å². The maximum absolute atomic E-state index is 9.19. The van der Waals surface area contributed by atoms with Crippen molar-refractivity contribution in [3.05, 3.63) is 11.6 Å². The highest BCUT2D eigenvalue weighted by Gasteiger charge is 2.06. The summed E-state index contributed by atoms with van der Waals surface area (Å²) < 4.78 is 0. The molecule has 68 valence electrons. The molecule has 1 rings (SSSR count). The molecule has 0 saturated carbocycles. The molecule has 1 atom stereocenters. The van der Waals surface area contributed by atoms with Crippen LogP contribution >= 0.6 is 0 Å². The van der Waals surface area contributed by atoms with E-state index >= 15 is 0 Å². The van der Waals surface area contributed by atoms with Crippen LogP contribution in [0, 0.1) is 0 Å². The Morgan fingerprint density at radius 3 is 2.67 bits per heavy atom. The molecule has 0 spiro atoms. The topological polar surface area (TPSA) is 82.3 Å². The van der Waals surface area contributed by atoms with Gasteiger partial charge in [0.05, 0.1) is 0 Å². The normalized spacial score (nSPS) is 13.2. The summed E-state index contributed by atoms with van der Waals surface area (Å²) in [7, 11) is 0. The fourth-order valence-corrected chi connectivity index (χ4v) is 1.04. The molecule has 1 aromatic rings. The van der Waals surface area contributed by atoms with Crippen molar-refractivity contribution < 1.29 is 10.2 Å². The second-order valence-electron chi connectivity index (χ2n) is 3.04. The zero-order chi connectivity index (χ0) is 9.14. The van der Waals surface area contributed by atoms with Crippen molar-refractivity contribution in [3.63, 3.8) is 0 Å². The minimum atomic E-state index is -0.00725. The molecular formula is C8H14N2O2. The van der Waals surface area contributed by atoms with Crippen LogP contribution in [0.2, 0.25) is 0 Å². The summed E-state index contributed by atoms with van der Waals surface area (Å²) in [5.74, 6) is 0.0281. The quantitative estimate of drug-likeness (QED) is 0.539. The van der Waals surface area contributed by atoms with E-state index in [1.165, 1.54) is 6.07 Å². The van der Waals surface area contributed by atoms with Crippen molar-refractivity contribution in [2.45, 2.75) is 25.8 Å². The van der Waals surface area contributed by atoms with Gasteiger partial charge in [0.15, 0.2) is 11.8 Å². The summed E-state index contributed by atoms with van der Waals surface area (Å²) in [5, 5.41) is 18.1. The highest BCUT2D eigenvalue weighted by Crippen LogP contribution is 2.22. The summed E-state index contributed by atoms with van der Waals surface area (Å²) in [5.41, 5.74) is 6.26. The van der Waals surface area contributed by atoms with Crippen LogP contribution in [0.25, 0.3) is 0 Å². The molecule has 1 heterocycles. The van der Waals surface area contributed by atoms with Crippen molar-refractivity contribution in [2.75, 3.05) is 0 Å². The number of rotatable bonds is 3. The lowest BCUT2D eigenvalue weighted by atomic mass is 10.1. The Morgan fingerprint density at radius 1 is 1.58 bits per heavy atom. The van der Waals surface area contributed by atoms with Gasteiger partial charge in [-0.1, -0.05) is 0 Å². The Morgan fingerprint density at radius 2 is 2.25 bits per heavy atom. The van der Waals surface area contributed by atoms with Gasteiger partial charge >= 0.3 is 0 Å². The average molecular weight is 170 g/mol. The Bertz CT molecular complexity index is 256. The zero-order valence-corrected chi connectivity index (χ0v) is 7.04. The molecule has 5 N–H and O–H groups in total. The Kier molecular flexibility index (Phi) is 2.60. The standard InChI is InChI=1S/C8H14N2O2/c1-5(9)2-3-6-4-7(11)10-8(6)12/h4-5,10-12H,2-3,9H2,1H3. The van der Waals surface area contributed by atoms with Crippen LogP contribution in [-0.4, -0.2) is 21.2 Å². The molecular weight excluding hydrogens is 156 g/mol. The van der Waals surface area contributed by atoms with E-state index in [9.17, 15) is 5.11 Å². The monoisotopic (exact) mass is 170 g/mol. The molecule has 1 aromatic heterocycles. The summed E-state index contributed by atoms with van der Waals surface area (Å²) >= 11 is 0. The number of nitrogens with two attached hydrogens (primary N) is 1. The van der Waals surface area contributed by atoms with Crippen LogP contribution in [-0.2, 0) is 6.42 Å². The highest BCUT2D eigenvalue weighted by molar-refractivity contribution is 5.32. The van der Waals surface area contributed by atoms with Gasteiger partial charge in [-0.3, -0.25) is 4.98 Å². The van der Waals surface area contributed by atoms with Gasteiger partial charge in [-0.15, -0.1) is 0 Å². The third kappa shape index (κ3) is 2.17. The third-order valence-corrected chi connectivity index (χ3v) is 1.73. The number of nitrogens with one attached hydrogen (secondary N) is 1. The van der Waals surface area contributed by atoms with Crippen LogP contribution in [0.5, 0.6) is 11.8 Å². The van der Waals surface area contributed by atoms with E-state index in [-0.39, 0.29) is 17.8 Å². The molecule has 4 heteroatoms. The molecule has 12 heavy (non-hydrogen) atoms. The minimum absolute atomic E-state index is 0.00725. The first-order chi connectivity index (χ1) is 5.59. The van der Waals surface area contributed by atoms with E-state index in [4.69, 9.17) is 10.8 Å². The minimum Gasteiger partial charge on any atom is -0.495 e. The van der Waals surface area contributed by atoms with Crippen molar-refractivity contribution in [2.24, 2.45) is 5.73 Å². The fourth-order valence-electron chi connectivity index (χ4n) is 1.04. The molecule has 0 amide bonds. The predicted octanol–water partition coefficient (Wildman–Crippen LogP) is 0.706. The second kappa shape index (κ2) is 3.49. The van der Waals surface area contributed by atoms with Gasteiger partial charge in [0.1, 0.15) is 0 Å². The third-order valence-electron chi connectivity index (χ3n) is 1.73. The Hall–Kier alpha value is -1.16. The van der Waals surface area contributed by atoms with Gasteiger partial charge in [0.2, 0.25) is 0 Å². The maximum atomic E-state index is 9.19. The number of H-pyrrole nitrogens is 1. The number of aromatic amines is 1. The van der Waals surface area contributed by atoms with Gasteiger partial charge < -0.3 is 15.9 Å². The number of hydrogen-bond donors (Lipinski definition) is 4. The van der Waals surface area contributed by atoms with E-state index in [0.717, 1.165) is 6.42 Å². The average Bonchev–Trinajstić information content (AvgIpc) is 2.26. The van der Waals surface area contributed by atoms with E-state index < -0.39 is 0 Å². The van der Waals surface area contributed by atoms with Crippen LogP contribution < -0.4 is 5.73 Å². The van der Waals surface area contributed by atoms with Crippen LogP contribution in [0.3, 0.4) is 0 Å². The second-order valence-corrected chi connectivity index (χ2v) is 3.04. The van der Waals surface area contributed by atoms with Crippen LogP contribution in [0.4, 0.5) is 0 Å². The van der Waals surface area contributed by atoms with E-state index in [1.807, 2.05) is 6.92 Å². The summed E-state index contributed by atoms with van der Waals surface area (Å²) in [4.78, 5) is 2.40. The molecule has 0 aliphatic carbocycles. The Balaban J connectivity index is 2.57. The lowest BCUT2D eigenvalue weighted by molar-refractivity contribution is 0.422. The van der Waals surface area contributed by atoms with Gasteiger partial charge in [0.25, 0.3) is 0 Å². The molecule has 0 aromatic carbocycles. The lowest BCUT2D eigenvalue weighted by Gasteiger charge is -2.02. The van der Waals surface area contributed by atoms with Crippen molar-refractivity contribution in [1.29, 1.82) is 0 Å². The number of aryl methyl sites for hydroxylation is 1. The molecule has 0 fully saturated rings. The van der Waals surface area contributed by atoms with Gasteiger partial charge in [-0.05, 0) is 19.8 Å². The Labute approximate surface area is 71.0 Å². The van der Waals surface area contributed by atoms with E-state index in [1.54, 1.807) is 0 Å². The molecule has 1 unspecified atom stereocenters. The molecule has 0 saturated heterocycles. The summed E-state index contributed by atoms with van der Waals surface area (Å²) in [6.45, 7) is 1.91. The first-order valence-corrected chi connectivity index (χ1v) is 3.95. The smallest absolute Gasteiger partial charge is 0.194 e. The lowest BCUT2D eigenvalue weighted by Crippen LogP contribution is -2.15. The summed E-state index contributed by atoms with van der Waals surface area (Å²) in [6.07, 6.45) is 1.48. The highest BCUT2D eigenvalue weighted by atomic mass is 16.3. The summed E-state index contributed by atoms with van der Waals surface area (Å²) in [6, 6.07) is 1.62. The van der Waals surface area contributed by atoms with Gasteiger partial charge in [0, 0.05) is 17.7 Å². The molecule has 0 radical (unpaired) electrons. The molecule has 0 bridgehead atoms. The van der Waals surface area contributed by atoms with Crippen molar-refractivity contribution in [3.8, 4) is 11.8 Å². The number of aromatic hydroxyl groups is 2. The number of aromatic nitrogens is 1. The number of hydrogen-bond acceptors (Lipinski definition) is 3. The van der Waals surface area contributed by atoms with E-state index in [2.05, 4.69) is 4.98 Å². The molecule has 0 aliphatic heterocycles. The first-order valence-electron chi connectivity index (χ1n) is 3.95. The fraction of sp³-hybridized carbons (Fsp3) is 0.500. The van der Waals surface area contributed by atoms with Gasteiger partial charge in [-0.2, -0.15) is 0 Å². The molecule has 0 aliphatic rings. The largest absolute Gasteiger partial charge is 0.495 e. The first kappa shape index (κ1) is 8.93. The van der Waals surface area contributed by atoms with Gasteiger partial charge in [-0.25, -0.2) is 0 Å². The van der Waals surface area contributed by atoms with E-state index in [0.29, 0.717) is 12.0 Å². The van der Waals surface area contributed by atoms with Crippen LogP contribution in [0.15, 0.2) is 6.07 Å². The molecule has 4 nitrogen and oxygen atoms in total. The maximum Gasteiger partial charge on any atom is 0.194 e. The zero-order valence-electron chi connectivity index (χ0n) is 7.04. The SMILES string of the molecule is CC(N)CCc1cc(O)[nH]c1O.